The van der Waals surface area contributed by atoms with Crippen LogP contribution in [0.25, 0.3) is 0 Å². The average molecular weight is 311 g/mol. The Kier molecular flexibility index (Phi) is 9.35. The van der Waals surface area contributed by atoms with Crippen LogP contribution in [0.3, 0.4) is 0 Å². The van der Waals surface area contributed by atoms with Gasteiger partial charge < -0.3 is 14.8 Å². The molecule has 0 saturated carbocycles. The quantitative estimate of drug-likeness (QED) is 0.618. The number of ether oxygens (including phenoxy) is 2. The van der Waals surface area contributed by atoms with Gasteiger partial charge in [-0.3, -0.25) is 0 Å². The maximum atomic E-state index is 5.39. The van der Waals surface area contributed by atoms with E-state index in [1.165, 1.54) is 30.6 Å². The first-order valence-electron chi connectivity index (χ1n) is 7.71. The minimum absolute atomic E-state index is 0.380. The Morgan fingerprint density at radius 1 is 1.10 bits per heavy atom. The lowest BCUT2D eigenvalue weighted by Gasteiger charge is -2.19. The highest BCUT2D eigenvalue weighted by atomic mass is 32.2. The summed E-state index contributed by atoms with van der Waals surface area (Å²) in [5.41, 5.74) is 1.26. The molecule has 1 unspecified atom stereocenters. The molecule has 1 atom stereocenters. The topological polar surface area (TPSA) is 30.5 Å². The van der Waals surface area contributed by atoms with Crippen molar-refractivity contribution >= 4 is 11.8 Å². The molecule has 0 aromatic heterocycles. The summed E-state index contributed by atoms with van der Waals surface area (Å²) in [6, 6.07) is 6.56. The van der Waals surface area contributed by atoms with Crippen molar-refractivity contribution < 1.29 is 9.47 Å². The molecular formula is C17H29NO2S. The van der Waals surface area contributed by atoms with Gasteiger partial charge in [0.1, 0.15) is 0 Å². The third-order valence-electron chi connectivity index (χ3n) is 3.63. The molecule has 21 heavy (non-hydrogen) atoms. The summed E-state index contributed by atoms with van der Waals surface area (Å²) in [6.45, 7) is 3.28. The van der Waals surface area contributed by atoms with Crippen molar-refractivity contribution in [3.63, 3.8) is 0 Å². The third-order valence-corrected chi connectivity index (χ3v) is 4.33. The van der Waals surface area contributed by atoms with Gasteiger partial charge in [0.25, 0.3) is 0 Å². The zero-order chi connectivity index (χ0) is 15.5. The van der Waals surface area contributed by atoms with Crippen molar-refractivity contribution in [1.29, 1.82) is 0 Å². The van der Waals surface area contributed by atoms with Crippen LogP contribution < -0.4 is 14.8 Å². The Labute approximate surface area is 133 Å². The SMILES string of the molecule is CCC(NCCCCCSC)c1ccc(OC)c(OC)c1. The predicted molar refractivity (Wildman–Crippen MR) is 92.8 cm³/mol. The summed E-state index contributed by atoms with van der Waals surface area (Å²) >= 11 is 1.93. The number of thioether (sulfide) groups is 1. The average Bonchev–Trinajstić information content (AvgIpc) is 2.53. The van der Waals surface area contributed by atoms with Crippen molar-refractivity contribution in [2.75, 3.05) is 32.8 Å². The van der Waals surface area contributed by atoms with Gasteiger partial charge in [0.15, 0.2) is 11.5 Å². The van der Waals surface area contributed by atoms with Crippen LogP contribution >= 0.6 is 11.8 Å². The molecule has 0 aliphatic rings. The molecule has 4 heteroatoms. The van der Waals surface area contributed by atoms with E-state index in [4.69, 9.17) is 9.47 Å². The number of hydrogen-bond donors (Lipinski definition) is 1. The van der Waals surface area contributed by atoms with Gasteiger partial charge in [0.05, 0.1) is 14.2 Å². The van der Waals surface area contributed by atoms with Crippen LogP contribution in [0.5, 0.6) is 11.5 Å². The van der Waals surface area contributed by atoms with Gasteiger partial charge in [-0.1, -0.05) is 19.4 Å². The summed E-state index contributed by atoms with van der Waals surface area (Å²) < 4.78 is 10.7. The number of rotatable bonds is 11. The molecule has 120 valence electrons. The summed E-state index contributed by atoms with van der Waals surface area (Å²) in [5, 5.41) is 3.65. The molecular weight excluding hydrogens is 282 g/mol. The maximum absolute atomic E-state index is 5.39. The van der Waals surface area contributed by atoms with E-state index < -0.39 is 0 Å². The highest BCUT2D eigenvalue weighted by Crippen LogP contribution is 2.30. The van der Waals surface area contributed by atoms with Gasteiger partial charge in [-0.25, -0.2) is 0 Å². The van der Waals surface area contributed by atoms with E-state index in [0.717, 1.165) is 24.5 Å². The second-order valence-corrected chi connectivity index (χ2v) is 6.07. The largest absolute Gasteiger partial charge is 0.493 e. The van der Waals surface area contributed by atoms with Crippen LogP contribution in [0, 0.1) is 0 Å². The van der Waals surface area contributed by atoms with Crippen molar-refractivity contribution in [1.82, 2.24) is 5.32 Å². The predicted octanol–water partition coefficient (Wildman–Crippen LogP) is 4.28. The van der Waals surface area contributed by atoms with Crippen LogP contribution in [0.15, 0.2) is 18.2 Å². The highest BCUT2D eigenvalue weighted by molar-refractivity contribution is 7.98. The first-order chi connectivity index (χ1) is 10.3. The Morgan fingerprint density at radius 2 is 1.86 bits per heavy atom. The Morgan fingerprint density at radius 3 is 2.48 bits per heavy atom. The van der Waals surface area contributed by atoms with Gasteiger partial charge in [0, 0.05) is 6.04 Å². The van der Waals surface area contributed by atoms with E-state index in [-0.39, 0.29) is 0 Å². The number of methoxy groups -OCH3 is 2. The molecule has 0 spiro atoms. The number of hydrogen-bond acceptors (Lipinski definition) is 4. The van der Waals surface area contributed by atoms with Gasteiger partial charge in [-0.15, -0.1) is 0 Å². The van der Waals surface area contributed by atoms with Crippen LogP contribution in [0.1, 0.15) is 44.2 Å². The fraction of sp³-hybridized carbons (Fsp3) is 0.647. The normalized spacial score (nSPS) is 12.2. The molecule has 0 bridgehead atoms. The molecule has 3 nitrogen and oxygen atoms in total. The second kappa shape index (κ2) is 10.8. The first kappa shape index (κ1) is 18.2. The van der Waals surface area contributed by atoms with Crippen molar-refractivity contribution in [2.24, 2.45) is 0 Å². The van der Waals surface area contributed by atoms with E-state index in [1.807, 2.05) is 17.8 Å². The fourth-order valence-corrected chi connectivity index (χ4v) is 2.88. The third kappa shape index (κ3) is 6.18. The smallest absolute Gasteiger partial charge is 0.161 e. The molecule has 1 rings (SSSR count). The highest BCUT2D eigenvalue weighted by Gasteiger charge is 2.12. The van der Waals surface area contributed by atoms with Crippen molar-refractivity contribution in [2.45, 2.75) is 38.6 Å². The van der Waals surface area contributed by atoms with E-state index in [1.54, 1.807) is 14.2 Å². The summed E-state index contributed by atoms with van der Waals surface area (Å²) in [7, 11) is 3.35. The van der Waals surface area contributed by atoms with Crippen LogP contribution in [0.4, 0.5) is 0 Å². The standard InChI is InChI=1S/C17H29NO2S/c1-5-15(18-11-7-6-8-12-21-4)14-9-10-16(19-2)17(13-14)20-3/h9-10,13,15,18H,5-8,11-12H2,1-4H3. The molecule has 1 N–H and O–H groups in total. The van der Waals surface area contributed by atoms with E-state index in [9.17, 15) is 0 Å². The van der Waals surface area contributed by atoms with E-state index in [0.29, 0.717) is 6.04 Å². The summed E-state index contributed by atoms with van der Waals surface area (Å²) in [4.78, 5) is 0. The number of benzene rings is 1. The van der Waals surface area contributed by atoms with E-state index in [2.05, 4.69) is 30.6 Å². The number of nitrogens with one attached hydrogen (secondary N) is 1. The number of unbranched alkanes of at least 4 members (excludes halogenated alkanes) is 2. The Balaban J connectivity index is 2.51. The van der Waals surface area contributed by atoms with Gasteiger partial charge in [0.2, 0.25) is 0 Å². The lowest BCUT2D eigenvalue weighted by Crippen LogP contribution is -2.22. The lowest BCUT2D eigenvalue weighted by atomic mass is 10.0. The second-order valence-electron chi connectivity index (χ2n) is 5.08. The molecule has 0 fully saturated rings. The fourth-order valence-electron chi connectivity index (χ4n) is 2.39. The molecule has 0 amide bonds. The maximum Gasteiger partial charge on any atom is 0.161 e. The molecule has 0 aliphatic carbocycles. The Bertz CT molecular complexity index is 398. The monoisotopic (exact) mass is 311 g/mol. The van der Waals surface area contributed by atoms with Gasteiger partial charge >= 0.3 is 0 Å². The van der Waals surface area contributed by atoms with Crippen LogP contribution in [0.2, 0.25) is 0 Å². The molecule has 1 aromatic carbocycles. The zero-order valence-corrected chi connectivity index (χ0v) is 14.6. The van der Waals surface area contributed by atoms with Crippen molar-refractivity contribution in [3.05, 3.63) is 23.8 Å². The van der Waals surface area contributed by atoms with E-state index >= 15 is 0 Å². The summed E-state index contributed by atoms with van der Waals surface area (Å²) in [6.07, 6.45) is 7.10. The molecule has 0 aliphatic heterocycles. The molecule has 0 heterocycles. The minimum atomic E-state index is 0.380. The van der Waals surface area contributed by atoms with Crippen LogP contribution in [-0.4, -0.2) is 32.8 Å². The van der Waals surface area contributed by atoms with Gasteiger partial charge in [-0.2, -0.15) is 11.8 Å². The van der Waals surface area contributed by atoms with Crippen LogP contribution in [-0.2, 0) is 0 Å². The summed E-state index contributed by atoms with van der Waals surface area (Å²) in [5.74, 6) is 2.86. The molecule has 0 saturated heterocycles. The first-order valence-corrected chi connectivity index (χ1v) is 9.10. The lowest BCUT2D eigenvalue weighted by molar-refractivity contribution is 0.353. The van der Waals surface area contributed by atoms with Gasteiger partial charge in [-0.05, 0) is 55.5 Å². The molecule has 1 aromatic rings. The molecule has 0 radical (unpaired) electrons. The van der Waals surface area contributed by atoms with Crippen molar-refractivity contribution in [3.8, 4) is 11.5 Å². The Hall–Kier alpha value is -0.870. The zero-order valence-electron chi connectivity index (χ0n) is 13.8. The minimum Gasteiger partial charge on any atom is -0.493 e.